The van der Waals surface area contributed by atoms with Crippen LogP contribution in [0.1, 0.15) is 38.3 Å². The number of hydrogen-bond donors (Lipinski definition) is 0. The standard InChI is InChI=1S/C18H24N2O4/c1-4-8-14-16(17(21)23-3)12(2)19-18(22)24-11-15(20(14)19)13-9-6-5-7-10-13/h5-7,9-10,12,14-16H,4,8,11H2,1-3H3/t12-,14+,15+,16-/m1/s1. The van der Waals surface area contributed by atoms with Gasteiger partial charge in [0, 0.05) is 6.04 Å². The van der Waals surface area contributed by atoms with E-state index < -0.39 is 0 Å². The summed E-state index contributed by atoms with van der Waals surface area (Å²) in [5.41, 5.74) is 1.08. The Bertz CT molecular complexity index is 606. The highest BCUT2D eigenvalue weighted by Gasteiger charge is 2.56. The van der Waals surface area contributed by atoms with Crippen molar-refractivity contribution in [1.82, 2.24) is 10.0 Å². The van der Waals surface area contributed by atoms with Gasteiger partial charge in [0.2, 0.25) is 0 Å². The number of fused-ring (bicyclic) bond motifs is 1. The number of ether oxygens (including phenoxy) is 2. The van der Waals surface area contributed by atoms with Gasteiger partial charge >= 0.3 is 12.1 Å². The van der Waals surface area contributed by atoms with Gasteiger partial charge in [0.1, 0.15) is 6.61 Å². The number of hydrazine groups is 1. The summed E-state index contributed by atoms with van der Waals surface area (Å²) in [5, 5.41) is 3.67. The van der Waals surface area contributed by atoms with Crippen LogP contribution in [0.4, 0.5) is 4.79 Å². The number of methoxy groups -OCH3 is 1. The summed E-state index contributed by atoms with van der Waals surface area (Å²) < 4.78 is 10.4. The van der Waals surface area contributed by atoms with Crippen molar-refractivity contribution in [2.24, 2.45) is 5.92 Å². The number of carbonyl (C=O) groups is 2. The molecule has 2 saturated heterocycles. The number of rotatable bonds is 4. The number of amides is 1. The average Bonchev–Trinajstić information content (AvgIpc) is 2.89. The van der Waals surface area contributed by atoms with Crippen molar-refractivity contribution >= 4 is 12.1 Å². The Balaban J connectivity index is 2.02. The lowest BCUT2D eigenvalue weighted by Crippen LogP contribution is -2.54. The van der Waals surface area contributed by atoms with Gasteiger partial charge in [-0.3, -0.25) is 4.79 Å². The minimum absolute atomic E-state index is 0.0736. The molecule has 24 heavy (non-hydrogen) atoms. The first-order chi connectivity index (χ1) is 11.6. The van der Waals surface area contributed by atoms with Crippen LogP contribution in [0.2, 0.25) is 0 Å². The van der Waals surface area contributed by atoms with Gasteiger partial charge in [-0.05, 0) is 18.9 Å². The van der Waals surface area contributed by atoms with E-state index >= 15 is 0 Å². The van der Waals surface area contributed by atoms with E-state index in [1.54, 1.807) is 5.01 Å². The van der Waals surface area contributed by atoms with Crippen molar-refractivity contribution in [2.75, 3.05) is 13.7 Å². The zero-order valence-electron chi connectivity index (χ0n) is 14.3. The Morgan fingerprint density at radius 3 is 2.67 bits per heavy atom. The van der Waals surface area contributed by atoms with Gasteiger partial charge in [0.05, 0.1) is 25.1 Å². The fraction of sp³-hybridized carbons (Fsp3) is 0.556. The van der Waals surface area contributed by atoms with Crippen molar-refractivity contribution in [2.45, 2.75) is 44.8 Å². The number of hydrogen-bond acceptors (Lipinski definition) is 5. The summed E-state index contributed by atoms with van der Waals surface area (Å²) in [5.74, 6) is -0.637. The molecule has 0 aromatic heterocycles. The first kappa shape index (κ1) is 16.8. The maximum absolute atomic E-state index is 12.4. The minimum atomic E-state index is -0.387. The van der Waals surface area contributed by atoms with E-state index in [0.717, 1.165) is 18.4 Å². The van der Waals surface area contributed by atoms with Crippen LogP contribution in [-0.2, 0) is 14.3 Å². The zero-order valence-corrected chi connectivity index (χ0v) is 14.3. The molecule has 2 heterocycles. The molecule has 6 nitrogen and oxygen atoms in total. The lowest BCUT2D eigenvalue weighted by Gasteiger charge is -2.42. The van der Waals surface area contributed by atoms with Crippen molar-refractivity contribution in [3.05, 3.63) is 35.9 Å². The molecule has 1 aromatic rings. The van der Waals surface area contributed by atoms with Crippen molar-refractivity contribution in [3.63, 3.8) is 0 Å². The molecular weight excluding hydrogens is 308 g/mol. The van der Waals surface area contributed by atoms with Crippen LogP contribution >= 0.6 is 0 Å². The summed E-state index contributed by atoms with van der Waals surface area (Å²) in [4.78, 5) is 24.8. The Hall–Kier alpha value is -2.08. The van der Waals surface area contributed by atoms with E-state index in [-0.39, 0.29) is 36.1 Å². The molecule has 0 aliphatic carbocycles. The van der Waals surface area contributed by atoms with E-state index in [0.29, 0.717) is 6.61 Å². The van der Waals surface area contributed by atoms with E-state index in [2.05, 4.69) is 11.9 Å². The third-order valence-corrected chi connectivity index (χ3v) is 5.02. The second-order valence-corrected chi connectivity index (χ2v) is 6.37. The number of esters is 1. The second-order valence-electron chi connectivity index (χ2n) is 6.37. The van der Waals surface area contributed by atoms with Crippen molar-refractivity contribution < 1.29 is 19.1 Å². The molecule has 0 bridgehead atoms. The molecule has 6 heteroatoms. The lowest BCUT2D eigenvalue weighted by atomic mass is 9.91. The lowest BCUT2D eigenvalue weighted by molar-refractivity contribution is -0.146. The molecule has 0 radical (unpaired) electrons. The smallest absolute Gasteiger partial charge is 0.424 e. The second kappa shape index (κ2) is 6.81. The summed E-state index contributed by atoms with van der Waals surface area (Å²) in [6.07, 6.45) is 1.35. The predicted molar refractivity (Wildman–Crippen MR) is 87.9 cm³/mol. The third kappa shape index (κ3) is 2.65. The molecule has 0 unspecified atom stereocenters. The first-order valence-corrected chi connectivity index (χ1v) is 8.47. The first-order valence-electron chi connectivity index (χ1n) is 8.47. The molecule has 0 saturated carbocycles. The Labute approximate surface area is 142 Å². The van der Waals surface area contributed by atoms with E-state index in [4.69, 9.17) is 9.47 Å². The van der Waals surface area contributed by atoms with Gasteiger partial charge in [-0.15, -0.1) is 0 Å². The Kier molecular flexibility index (Phi) is 4.76. The normalized spacial score (nSPS) is 30.0. The quantitative estimate of drug-likeness (QED) is 0.794. The number of nitrogens with zero attached hydrogens (tertiary/aromatic N) is 2. The van der Waals surface area contributed by atoms with Crippen LogP contribution in [0.5, 0.6) is 0 Å². The molecule has 130 valence electrons. The fourth-order valence-electron chi connectivity index (χ4n) is 3.96. The zero-order chi connectivity index (χ0) is 17.3. The minimum Gasteiger partial charge on any atom is -0.469 e. The molecule has 4 atom stereocenters. The predicted octanol–water partition coefficient (Wildman–Crippen LogP) is 2.76. The highest BCUT2D eigenvalue weighted by molar-refractivity contribution is 5.77. The highest BCUT2D eigenvalue weighted by atomic mass is 16.6. The Morgan fingerprint density at radius 2 is 2.04 bits per heavy atom. The summed E-state index contributed by atoms with van der Waals surface area (Å²) in [6.45, 7) is 4.26. The van der Waals surface area contributed by atoms with Crippen LogP contribution in [0.15, 0.2) is 30.3 Å². The van der Waals surface area contributed by atoms with Crippen LogP contribution in [-0.4, -0.2) is 47.9 Å². The van der Waals surface area contributed by atoms with E-state index in [9.17, 15) is 9.59 Å². The van der Waals surface area contributed by atoms with Gasteiger partial charge in [-0.1, -0.05) is 43.7 Å². The summed E-state index contributed by atoms with van der Waals surface area (Å²) in [6, 6.07) is 9.53. The molecule has 2 fully saturated rings. The molecule has 2 aliphatic heterocycles. The van der Waals surface area contributed by atoms with Crippen LogP contribution in [0.3, 0.4) is 0 Å². The van der Waals surface area contributed by atoms with Gasteiger partial charge in [-0.2, -0.15) is 0 Å². The van der Waals surface area contributed by atoms with Crippen LogP contribution < -0.4 is 0 Å². The number of cyclic esters (lactones) is 1. The molecular formula is C18H24N2O4. The van der Waals surface area contributed by atoms with Gasteiger partial charge < -0.3 is 9.47 Å². The van der Waals surface area contributed by atoms with Gasteiger partial charge in [-0.25, -0.2) is 14.8 Å². The molecule has 0 spiro atoms. The summed E-state index contributed by atoms with van der Waals surface area (Å²) in [7, 11) is 1.40. The number of carbonyl (C=O) groups excluding carboxylic acids is 2. The van der Waals surface area contributed by atoms with E-state index in [1.807, 2.05) is 37.3 Å². The molecule has 0 N–H and O–H groups in total. The number of benzene rings is 1. The molecule has 1 aromatic carbocycles. The van der Waals surface area contributed by atoms with Crippen molar-refractivity contribution in [3.8, 4) is 0 Å². The fourth-order valence-corrected chi connectivity index (χ4v) is 3.96. The molecule has 3 rings (SSSR count). The van der Waals surface area contributed by atoms with Gasteiger partial charge in [0.15, 0.2) is 0 Å². The molecule has 2 aliphatic rings. The van der Waals surface area contributed by atoms with Crippen LogP contribution in [0, 0.1) is 5.92 Å². The SMILES string of the molecule is CCC[C@H]1[C@H](C(=O)OC)[C@@H](C)N2C(=O)OC[C@@H](c3ccccc3)N12. The maximum atomic E-state index is 12.4. The Morgan fingerprint density at radius 1 is 1.33 bits per heavy atom. The average molecular weight is 332 g/mol. The monoisotopic (exact) mass is 332 g/mol. The topological polar surface area (TPSA) is 59.1 Å². The van der Waals surface area contributed by atoms with Crippen molar-refractivity contribution in [1.29, 1.82) is 0 Å². The third-order valence-electron chi connectivity index (χ3n) is 5.02. The summed E-state index contributed by atoms with van der Waals surface area (Å²) >= 11 is 0. The largest absolute Gasteiger partial charge is 0.469 e. The molecule has 1 amide bonds. The van der Waals surface area contributed by atoms with Crippen LogP contribution in [0.25, 0.3) is 0 Å². The van der Waals surface area contributed by atoms with E-state index in [1.165, 1.54) is 7.11 Å². The highest BCUT2D eigenvalue weighted by Crippen LogP contribution is 2.42. The maximum Gasteiger partial charge on any atom is 0.424 e. The van der Waals surface area contributed by atoms with Gasteiger partial charge in [0.25, 0.3) is 0 Å².